The van der Waals surface area contributed by atoms with E-state index in [0.717, 1.165) is 16.6 Å². The molecule has 0 aliphatic carbocycles. The Morgan fingerprint density at radius 3 is 2.62 bits per heavy atom. The van der Waals surface area contributed by atoms with Crippen LogP contribution in [0.1, 0.15) is 29.7 Å². The Kier molecular flexibility index (Phi) is 5.83. The smallest absolute Gasteiger partial charge is 0.124 e. The lowest BCUT2D eigenvalue weighted by Gasteiger charge is -2.21. The minimum absolute atomic E-state index is 0.227. The third kappa shape index (κ3) is 4.08. The molecule has 0 radical (unpaired) electrons. The second-order valence-corrected chi connectivity index (χ2v) is 6.00. The standard InChI is InChI=1S/C18H22BrNO/c1-4-21-18-10-9-15(19)12-16(18)17(20-3)11-14-8-6-5-7-13(14)2/h5-10,12,17,20H,4,11H2,1-3H3. The van der Waals surface area contributed by atoms with Gasteiger partial charge in [0.15, 0.2) is 0 Å². The van der Waals surface area contributed by atoms with Crippen molar-refractivity contribution in [3.8, 4) is 5.75 Å². The minimum Gasteiger partial charge on any atom is -0.494 e. The number of ether oxygens (including phenoxy) is 1. The van der Waals surface area contributed by atoms with Gasteiger partial charge in [0.25, 0.3) is 0 Å². The summed E-state index contributed by atoms with van der Waals surface area (Å²) >= 11 is 3.56. The molecular formula is C18H22BrNO. The normalized spacial score (nSPS) is 12.2. The molecule has 2 aromatic rings. The first-order chi connectivity index (χ1) is 10.2. The molecule has 0 bridgehead atoms. The summed E-state index contributed by atoms with van der Waals surface area (Å²) in [6.07, 6.45) is 0.944. The van der Waals surface area contributed by atoms with Crippen LogP contribution in [0.5, 0.6) is 5.75 Å². The number of likely N-dealkylation sites (N-methyl/N-ethyl adjacent to an activating group) is 1. The molecule has 0 fully saturated rings. The monoisotopic (exact) mass is 347 g/mol. The van der Waals surface area contributed by atoms with Gasteiger partial charge in [-0.2, -0.15) is 0 Å². The van der Waals surface area contributed by atoms with Crippen molar-refractivity contribution < 1.29 is 4.74 Å². The Balaban J connectivity index is 2.33. The van der Waals surface area contributed by atoms with Gasteiger partial charge >= 0.3 is 0 Å². The zero-order chi connectivity index (χ0) is 15.2. The summed E-state index contributed by atoms with van der Waals surface area (Å²) in [5.41, 5.74) is 3.88. The average molecular weight is 348 g/mol. The maximum Gasteiger partial charge on any atom is 0.124 e. The first kappa shape index (κ1) is 16.1. The lowest BCUT2D eigenvalue weighted by molar-refractivity contribution is 0.332. The van der Waals surface area contributed by atoms with Gasteiger partial charge in [0, 0.05) is 16.1 Å². The number of benzene rings is 2. The summed E-state index contributed by atoms with van der Waals surface area (Å²) in [6, 6.07) is 15.0. The molecule has 1 atom stereocenters. The van der Waals surface area contributed by atoms with Gasteiger partial charge in [0.2, 0.25) is 0 Å². The van der Waals surface area contributed by atoms with Crippen molar-refractivity contribution in [1.82, 2.24) is 5.32 Å². The number of aryl methyl sites for hydroxylation is 1. The van der Waals surface area contributed by atoms with E-state index in [1.165, 1.54) is 16.7 Å². The van der Waals surface area contributed by atoms with Crippen molar-refractivity contribution in [2.75, 3.05) is 13.7 Å². The SMILES string of the molecule is CCOc1ccc(Br)cc1C(Cc1ccccc1C)NC. The van der Waals surface area contributed by atoms with Crippen LogP contribution in [-0.2, 0) is 6.42 Å². The molecule has 0 aliphatic rings. The minimum atomic E-state index is 0.227. The van der Waals surface area contributed by atoms with E-state index >= 15 is 0 Å². The van der Waals surface area contributed by atoms with Gasteiger partial charge in [-0.3, -0.25) is 0 Å². The van der Waals surface area contributed by atoms with Gasteiger partial charge in [0.05, 0.1) is 6.61 Å². The Hall–Kier alpha value is -1.32. The summed E-state index contributed by atoms with van der Waals surface area (Å²) in [5, 5.41) is 3.42. The van der Waals surface area contributed by atoms with E-state index in [0.29, 0.717) is 6.61 Å². The Bertz CT molecular complexity index is 598. The molecule has 21 heavy (non-hydrogen) atoms. The molecule has 2 rings (SSSR count). The number of hydrogen-bond acceptors (Lipinski definition) is 2. The average Bonchev–Trinajstić information content (AvgIpc) is 2.49. The highest BCUT2D eigenvalue weighted by Gasteiger charge is 2.16. The molecule has 2 aromatic carbocycles. The first-order valence-electron chi connectivity index (χ1n) is 7.29. The van der Waals surface area contributed by atoms with E-state index in [4.69, 9.17) is 4.74 Å². The van der Waals surface area contributed by atoms with Gasteiger partial charge in [-0.15, -0.1) is 0 Å². The zero-order valence-electron chi connectivity index (χ0n) is 12.8. The van der Waals surface area contributed by atoms with E-state index in [1.807, 2.05) is 26.1 Å². The van der Waals surface area contributed by atoms with Crippen molar-refractivity contribution in [2.45, 2.75) is 26.3 Å². The molecule has 1 unspecified atom stereocenters. The largest absolute Gasteiger partial charge is 0.494 e. The molecular weight excluding hydrogens is 326 g/mol. The Morgan fingerprint density at radius 2 is 1.95 bits per heavy atom. The van der Waals surface area contributed by atoms with Crippen LogP contribution in [0.4, 0.5) is 0 Å². The van der Waals surface area contributed by atoms with Crippen LogP contribution in [0.3, 0.4) is 0 Å². The molecule has 0 saturated carbocycles. The number of hydrogen-bond donors (Lipinski definition) is 1. The van der Waals surface area contributed by atoms with Crippen LogP contribution in [0.2, 0.25) is 0 Å². The molecule has 0 aromatic heterocycles. The number of nitrogens with one attached hydrogen (secondary N) is 1. The van der Waals surface area contributed by atoms with Crippen molar-refractivity contribution in [1.29, 1.82) is 0 Å². The molecule has 0 amide bonds. The van der Waals surface area contributed by atoms with E-state index < -0.39 is 0 Å². The molecule has 0 aliphatic heterocycles. The highest BCUT2D eigenvalue weighted by molar-refractivity contribution is 9.10. The van der Waals surface area contributed by atoms with Crippen molar-refractivity contribution in [2.24, 2.45) is 0 Å². The maximum absolute atomic E-state index is 5.78. The highest BCUT2D eigenvalue weighted by atomic mass is 79.9. The van der Waals surface area contributed by atoms with Crippen molar-refractivity contribution in [3.63, 3.8) is 0 Å². The van der Waals surface area contributed by atoms with Crippen molar-refractivity contribution in [3.05, 3.63) is 63.6 Å². The lowest BCUT2D eigenvalue weighted by Crippen LogP contribution is -2.20. The molecule has 0 saturated heterocycles. The van der Waals surface area contributed by atoms with E-state index in [9.17, 15) is 0 Å². The number of halogens is 1. The van der Waals surface area contributed by atoms with E-state index in [-0.39, 0.29) is 6.04 Å². The quantitative estimate of drug-likeness (QED) is 0.820. The van der Waals surface area contributed by atoms with Crippen LogP contribution in [0.25, 0.3) is 0 Å². The molecule has 112 valence electrons. The second-order valence-electron chi connectivity index (χ2n) is 5.09. The van der Waals surface area contributed by atoms with Crippen LogP contribution < -0.4 is 10.1 Å². The molecule has 2 nitrogen and oxygen atoms in total. The van der Waals surface area contributed by atoms with E-state index in [2.05, 4.69) is 58.5 Å². The van der Waals surface area contributed by atoms with Crippen LogP contribution in [0.15, 0.2) is 46.9 Å². The van der Waals surface area contributed by atoms with Crippen molar-refractivity contribution >= 4 is 15.9 Å². The molecule has 0 heterocycles. The van der Waals surface area contributed by atoms with Crippen LogP contribution in [0, 0.1) is 6.92 Å². The summed E-state index contributed by atoms with van der Waals surface area (Å²) in [5.74, 6) is 0.952. The van der Waals surface area contributed by atoms with Crippen LogP contribution >= 0.6 is 15.9 Å². The fourth-order valence-corrected chi connectivity index (χ4v) is 2.88. The zero-order valence-corrected chi connectivity index (χ0v) is 14.4. The summed E-state index contributed by atoms with van der Waals surface area (Å²) in [7, 11) is 2.00. The fourth-order valence-electron chi connectivity index (χ4n) is 2.51. The second kappa shape index (κ2) is 7.62. The lowest BCUT2D eigenvalue weighted by atomic mass is 9.95. The first-order valence-corrected chi connectivity index (χ1v) is 8.09. The topological polar surface area (TPSA) is 21.3 Å². The van der Waals surface area contributed by atoms with Crippen LogP contribution in [-0.4, -0.2) is 13.7 Å². The Morgan fingerprint density at radius 1 is 1.19 bits per heavy atom. The molecule has 0 spiro atoms. The predicted molar refractivity (Wildman–Crippen MR) is 92.0 cm³/mol. The van der Waals surface area contributed by atoms with Gasteiger partial charge in [-0.25, -0.2) is 0 Å². The molecule has 1 N–H and O–H groups in total. The van der Waals surface area contributed by atoms with Gasteiger partial charge in [0.1, 0.15) is 5.75 Å². The summed E-state index contributed by atoms with van der Waals surface area (Å²) in [6.45, 7) is 4.85. The van der Waals surface area contributed by atoms with E-state index in [1.54, 1.807) is 0 Å². The maximum atomic E-state index is 5.78. The number of rotatable bonds is 6. The third-order valence-corrected chi connectivity index (χ3v) is 4.17. The molecule has 3 heteroatoms. The van der Waals surface area contributed by atoms with Gasteiger partial charge < -0.3 is 10.1 Å². The summed E-state index contributed by atoms with van der Waals surface area (Å²) < 4.78 is 6.86. The van der Waals surface area contributed by atoms with Gasteiger partial charge in [-0.05, 0) is 56.6 Å². The van der Waals surface area contributed by atoms with Gasteiger partial charge in [-0.1, -0.05) is 40.2 Å². The predicted octanol–water partition coefficient (Wildman–Crippen LogP) is 4.66. The fraction of sp³-hybridized carbons (Fsp3) is 0.333. The Labute approximate surface area is 135 Å². The highest BCUT2D eigenvalue weighted by Crippen LogP contribution is 2.31. The summed E-state index contributed by atoms with van der Waals surface area (Å²) in [4.78, 5) is 0. The third-order valence-electron chi connectivity index (χ3n) is 3.68.